The van der Waals surface area contributed by atoms with Crippen LogP contribution in [0.2, 0.25) is 0 Å². The van der Waals surface area contributed by atoms with Crippen molar-refractivity contribution < 1.29 is 9.90 Å². The quantitative estimate of drug-likeness (QED) is 0.521. The maximum absolute atomic E-state index is 12.5. The van der Waals surface area contributed by atoms with Gasteiger partial charge in [0.1, 0.15) is 0 Å². The van der Waals surface area contributed by atoms with Crippen LogP contribution in [0.3, 0.4) is 0 Å². The topological polar surface area (TPSA) is 95.3 Å². The molecular formula is C26H34N6O2. The number of benzene rings is 1. The number of fused-ring (bicyclic) bond motifs is 1. The first-order valence-electron chi connectivity index (χ1n) is 12.2. The highest BCUT2D eigenvalue weighted by Gasteiger charge is 2.40. The van der Waals surface area contributed by atoms with Gasteiger partial charge in [0.05, 0.1) is 23.7 Å². The fourth-order valence-electron chi connectivity index (χ4n) is 5.33. The average Bonchev–Trinajstić information content (AvgIpc) is 3.10. The first-order chi connectivity index (χ1) is 16.3. The standard InChI is InChI=1S/C26H34N6O2/c1-17-4-7-23-22(12-17)25(30-31(23)3)28-14-24(33)29-20-15-32(16-20)21-8-10-26(34,11-9-21)19-6-5-18(2)27-13-19/h4-7,12-13,20-21,34H,8-11,14-16H2,1-3H3,(H,28,30)(H,29,33)/t21-,26-. The van der Waals surface area contributed by atoms with E-state index in [0.717, 1.165) is 66.8 Å². The summed E-state index contributed by atoms with van der Waals surface area (Å²) in [7, 11) is 1.91. The summed E-state index contributed by atoms with van der Waals surface area (Å²) >= 11 is 0. The Kier molecular flexibility index (Phi) is 6.04. The number of hydrogen-bond donors (Lipinski definition) is 3. The molecule has 0 spiro atoms. The lowest BCUT2D eigenvalue weighted by Crippen LogP contribution is -2.63. The second-order valence-electron chi connectivity index (χ2n) is 10.0. The van der Waals surface area contributed by atoms with Crippen molar-refractivity contribution in [2.24, 2.45) is 7.05 Å². The Morgan fingerprint density at radius 1 is 1.18 bits per heavy atom. The van der Waals surface area contributed by atoms with Gasteiger partial charge in [0, 0.05) is 49.0 Å². The minimum Gasteiger partial charge on any atom is -0.385 e. The van der Waals surface area contributed by atoms with Crippen LogP contribution in [0, 0.1) is 13.8 Å². The van der Waals surface area contributed by atoms with E-state index in [4.69, 9.17) is 0 Å². The number of nitrogens with one attached hydrogen (secondary N) is 2. The molecule has 1 saturated heterocycles. The fourth-order valence-corrected chi connectivity index (χ4v) is 5.33. The van der Waals surface area contributed by atoms with Crippen LogP contribution in [-0.2, 0) is 17.4 Å². The zero-order valence-corrected chi connectivity index (χ0v) is 20.2. The molecule has 3 N–H and O–H groups in total. The highest BCUT2D eigenvalue weighted by Crippen LogP contribution is 2.39. The van der Waals surface area contributed by atoms with Crippen LogP contribution < -0.4 is 10.6 Å². The summed E-state index contributed by atoms with van der Waals surface area (Å²) < 4.78 is 1.83. The highest BCUT2D eigenvalue weighted by atomic mass is 16.3. The lowest BCUT2D eigenvalue weighted by molar-refractivity contribution is -0.121. The summed E-state index contributed by atoms with van der Waals surface area (Å²) in [6, 6.07) is 10.8. The number of likely N-dealkylation sites (tertiary alicyclic amines) is 1. The van der Waals surface area contributed by atoms with Crippen molar-refractivity contribution in [3.05, 3.63) is 53.3 Å². The van der Waals surface area contributed by atoms with Gasteiger partial charge < -0.3 is 15.7 Å². The Bertz CT molecular complexity index is 1170. The summed E-state index contributed by atoms with van der Waals surface area (Å²) in [5.41, 5.74) is 3.33. The number of amides is 1. The Balaban J connectivity index is 1.07. The summed E-state index contributed by atoms with van der Waals surface area (Å²) in [5.74, 6) is 0.728. The predicted molar refractivity (Wildman–Crippen MR) is 133 cm³/mol. The lowest BCUT2D eigenvalue weighted by Gasteiger charge is -2.48. The van der Waals surface area contributed by atoms with Crippen LogP contribution in [0.4, 0.5) is 5.82 Å². The van der Waals surface area contributed by atoms with Gasteiger partial charge in [-0.1, -0.05) is 17.7 Å². The molecule has 2 aromatic heterocycles. The molecule has 8 nitrogen and oxygen atoms in total. The third kappa shape index (κ3) is 4.52. The third-order valence-corrected chi connectivity index (χ3v) is 7.44. The minimum atomic E-state index is -0.768. The van der Waals surface area contributed by atoms with Gasteiger partial charge >= 0.3 is 0 Å². The van der Waals surface area contributed by atoms with E-state index >= 15 is 0 Å². The van der Waals surface area contributed by atoms with Gasteiger partial charge in [0.15, 0.2) is 5.82 Å². The molecular weight excluding hydrogens is 428 g/mol. The smallest absolute Gasteiger partial charge is 0.239 e. The summed E-state index contributed by atoms with van der Waals surface area (Å²) in [5, 5.41) is 23.0. The first-order valence-corrected chi connectivity index (χ1v) is 12.2. The Morgan fingerprint density at radius 3 is 2.65 bits per heavy atom. The number of aryl methyl sites for hydroxylation is 3. The maximum Gasteiger partial charge on any atom is 0.239 e. The first kappa shape index (κ1) is 22.8. The molecule has 8 heteroatoms. The zero-order valence-electron chi connectivity index (χ0n) is 20.2. The molecule has 0 atom stereocenters. The molecule has 1 aliphatic carbocycles. The molecule has 2 fully saturated rings. The zero-order chi connectivity index (χ0) is 23.9. The van der Waals surface area contributed by atoms with E-state index in [1.165, 1.54) is 5.56 Å². The van der Waals surface area contributed by atoms with E-state index in [1.54, 1.807) is 0 Å². The van der Waals surface area contributed by atoms with Crippen LogP contribution >= 0.6 is 0 Å². The number of rotatable bonds is 6. The second kappa shape index (κ2) is 9.00. The van der Waals surface area contributed by atoms with Gasteiger partial charge in [-0.2, -0.15) is 5.10 Å². The Hall–Kier alpha value is -2.97. The fraction of sp³-hybridized carbons (Fsp3) is 0.500. The summed E-state index contributed by atoms with van der Waals surface area (Å²) in [4.78, 5) is 19.3. The van der Waals surface area contributed by atoms with Gasteiger partial charge in [-0.3, -0.25) is 19.4 Å². The van der Waals surface area contributed by atoms with Crippen LogP contribution in [0.1, 0.15) is 42.5 Å². The number of nitrogens with zero attached hydrogens (tertiary/aromatic N) is 4. The van der Waals surface area contributed by atoms with Crippen molar-refractivity contribution in [2.45, 2.75) is 57.2 Å². The molecule has 1 amide bonds. The van der Waals surface area contributed by atoms with E-state index in [9.17, 15) is 9.90 Å². The van der Waals surface area contributed by atoms with Crippen LogP contribution in [0.15, 0.2) is 36.5 Å². The molecule has 0 radical (unpaired) electrons. The monoisotopic (exact) mass is 462 g/mol. The lowest BCUT2D eigenvalue weighted by atomic mass is 9.77. The molecule has 34 heavy (non-hydrogen) atoms. The molecule has 1 saturated carbocycles. The maximum atomic E-state index is 12.5. The van der Waals surface area contributed by atoms with Crippen molar-refractivity contribution in [3.63, 3.8) is 0 Å². The minimum absolute atomic E-state index is 0.0130. The summed E-state index contributed by atoms with van der Waals surface area (Å²) in [6.07, 6.45) is 5.22. The van der Waals surface area contributed by atoms with E-state index in [0.29, 0.717) is 6.04 Å². The Morgan fingerprint density at radius 2 is 1.94 bits per heavy atom. The number of hydrogen-bond acceptors (Lipinski definition) is 6. The van der Waals surface area contributed by atoms with Gasteiger partial charge in [0.2, 0.25) is 5.91 Å². The van der Waals surface area contributed by atoms with Crippen molar-refractivity contribution >= 4 is 22.6 Å². The van der Waals surface area contributed by atoms with E-state index in [2.05, 4.69) is 50.7 Å². The van der Waals surface area contributed by atoms with E-state index in [1.807, 2.05) is 37.0 Å². The number of pyridine rings is 1. The molecule has 0 unspecified atom stereocenters. The van der Waals surface area contributed by atoms with Crippen molar-refractivity contribution in [3.8, 4) is 0 Å². The third-order valence-electron chi connectivity index (χ3n) is 7.44. The normalized spacial score (nSPS) is 23.6. The van der Waals surface area contributed by atoms with Crippen molar-refractivity contribution in [1.82, 2.24) is 25.0 Å². The molecule has 180 valence electrons. The number of carbonyl (C=O) groups is 1. The van der Waals surface area contributed by atoms with Crippen molar-refractivity contribution in [2.75, 3.05) is 25.0 Å². The largest absolute Gasteiger partial charge is 0.385 e. The average molecular weight is 463 g/mol. The van der Waals surface area contributed by atoms with Gasteiger partial charge in [-0.25, -0.2) is 0 Å². The molecule has 3 heterocycles. The molecule has 1 aliphatic heterocycles. The number of carbonyl (C=O) groups excluding carboxylic acids is 1. The molecule has 2 aliphatic rings. The molecule has 0 bridgehead atoms. The summed E-state index contributed by atoms with van der Waals surface area (Å²) in [6.45, 7) is 5.95. The van der Waals surface area contributed by atoms with Gasteiger partial charge in [0.25, 0.3) is 0 Å². The molecule has 3 aromatic rings. The molecule has 5 rings (SSSR count). The number of aromatic nitrogens is 3. The highest BCUT2D eigenvalue weighted by molar-refractivity contribution is 5.92. The van der Waals surface area contributed by atoms with Gasteiger partial charge in [-0.15, -0.1) is 0 Å². The number of anilines is 1. The van der Waals surface area contributed by atoms with Gasteiger partial charge in [-0.05, 0) is 57.7 Å². The van der Waals surface area contributed by atoms with Crippen LogP contribution in [0.25, 0.3) is 10.9 Å². The van der Waals surface area contributed by atoms with E-state index in [-0.39, 0.29) is 18.5 Å². The molecule has 1 aromatic carbocycles. The Labute approximate surface area is 200 Å². The SMILES string of the molecule is Cc1ccc2c(c1)c(NCC(=O)NC1CN([C@H]3CC[C@@](O)(c4ccc(C)nc4)CC3)C1)nn2C. The van der Waals surface area contributed by atoms with E-state index < -0.39 is 5.60 Å². The number of aliphatic hydroxyl groups is 1. The van der Waals surface area contributed by atoms with Crippen LogP contribution in [0.5, 0.6) is 0 Å². The van der Waals surface area contributed by atoms with Crippen molar-refractivity contribution in [1.29, 1.82) is 0 Å². The second-order valence-corrected chi connectivity index (χ2v) is 10.0. The van der Waals surface area contributed by atoms with Crippen LogP contribution in [-0.4, -0.2) is 62.4 Å². The predicted octanol–water partition coefficient (Wildman–Crippen LogP) is 2.63.